The highest BCUT2D eigenvalue weighted by Crippen LogP contribution is 2.10. The van der Waals surface area contributed by atoms with Gasteiger partial charge in [0.2, 0.25) is 5.91 Å². The van der Waals surface area contributed by atoms with Gasteiger partial charge in [-0.2, -0.15) is 0 Å². The maximum atomic E-state index is 11.9. The Kier molecular flexibility index (Phi) is 5.72. The van der Waals surface area contributed by atoms with Gasteiger partial charge < -0.3 is 15.7 Å². The summed E-state index contributed by atoms with van der Waals surface area (Å²) >= 11 is 0. The first kappa shape index (κ1) is 13.4. The number of rotatable bonds is 6. The Labute approximate surface area is 86.1 Å². The van der Waals surface area contributed by atoms with Crippen LogP contribution in [0.4, 0.5) is 0 Å². The number of nitrogens with two attached hydrogens (primary N) is 1. The SMILES string of the molecule is CCCN(CCO)C(=O)C(C)(N)CC. The van der Waals surface area contributed by atoms with Gasteiger partial charge in [-0.1, -0.05) is 13.8 Å². The van der Waals surface area contributed by atoms with Crippen molar-refractivity contribution in [3.8, 4) is 0 Å². The van der Waals surface area contributed by atoms with E-state index in [1.165, 1.54) is 0 Å². The van der Waals surface area contributed by atoms with Crippen molar-refractivity contribution in [2.45, 2.75) is 39.2 Å². The third-order valence-electron chi connectivity index (χ3n) is 2.37. The van der Waals surface area contributed by atoms with Crippen molar-refractivity contribution < 1.29 is 9.90 Å². The van der Waals surface area contributed by atoms with Crippen molar-refractivity contribution in [2.24, 2.45) is 5.73 Å². The fraction of sp³-hybridized carbons (Fsp3) is 0.900. The first-order valence-electron chi connectivity index (χ1n) is 5.18. The third-order valence-corrected chi connectivity index (χ3v) is 2.37. The van der Waals surface area contributed by atoms with Crippen LogP contribution in [0.25, 0.3) is 0 Å². The fourth-order valence-corrected chi connectivity index (χ4v) is 1.22. The lowest BCUT2D eigenvalue weighted by Crippen LogP contribution is -2.53. The average Bonchev–Trinajstić information content (AvgIpc) is 2.16. The van der Waals surface area contributed by atoms with Gasteiger partial charge >= 0.3 is 0 Å². The summed E-state index contributed by atoms with van der Waals surface area (Å²) in [5, 5.41) is 8.82. The van der Waals surface area contributed by atoms with Crippen LogP contribution in [0.1, 0.15) is 33.6 Å². The number of aliphatic hydroxyl groups excluding tert-OH is 1. The molecule has 0 aromatic carbocycles. The summed E-state index contributed by atoms with van der Waals surface area (Å²) in [4.78, 5) is 13.5. The number of nitrogens with zero attached hydrogens (tertiary/aromatic N) is 1. The molecular formula is C10H22N2O2. The molecule has 0 heterocycles. The van der Waals surface area contributed by atoms with Crippen molar-refractivity contribution in [1.29, 1.82) is 0 Å². The van der Waals surface area contributed by atoms with Gasteiger partial charge in [-0.15, -0.1) is 0 Å². The summed E-state index contributed by atoms with van der Waals surface area (Å²) in [7, 11) is 0. The summed E-state index contributed by atoms with van der Waals surface area (Å²) in [6, 6.07) is 0. The summed E-state index contributed by atoms with van der Waals surface area (Å²) in [6.45, 7) is 6.64. The largest absolute Gasteiger partial charge is 0.395 e. The molecule has 3 N–H and O–H groups in total. The molecule has 84 valence electrons. The van der Waals surface area contributed by atoms with Gasteiger partial charge in [-0.05, 0) is 19.8 Å². The Bertz CT molecular complexity index is 175. The van der Waals surface area contributed by atoms with Gasteiger partial charge in [0.05, 0.1) is 12.1 Å². The monoisotopic (exact) mass is 202 g/mol. The van der Waals surface area contributed by atoms with Crippen LogP contribution >= 0.6 is 0 Å². The number of carbonyl (C=O) groups is 1. The summed E-state index contributed by atoms with van der Waals surface area (Å²) in [6.07, 6.45) is 1.49. The van der Waals surface area contributed by atoms with Crippen LogP contribution in [0.2, 0.25) is 0 Å². The molecule has 4 heteroatoms. The first-order chi connectivity index (χ1) is 6.49. The molecule has 0 aromatic heterocycles. The lowest BCUT2D eigenvalue weighted by molar-refractivity contribution is -0.137. The van der Waals surface area contributed by atoms with Crippen LogP contribution in [0.15, 0.2) is 0 Å². The Hall–Kier alpha value is -0.610. The molecule has 4 nitrogen and oxygen atoms in total. The molecule has 14 heavy (non-hydrogen) atoms. The summed E-state index contributed by atoms with van der Waals surface area (Å²) in [5.41, 5.74) is 5.05. The molecular weight excluding hydrogens is 180 g/mol. The van der Waals surface area contributed by atoms with E-state index in [-0.39, 0.29) is 12.5 Å². The van der Waals surface area contributed by atoms with Crippen molar-refractivity contribution in [2.75, 3.05) is 19.7 Å². The predicted octanol–water partition coefficient (Wildman–Crippen LogP) is 0.345. The van der Waals surface area contributed by atoms with E-state index in [9.17, 15) is 4.79 Å². The molecule has 0 saturated heterocycles. The van der Waals surface area contributed by atoms with E-state index in [1.54, 1.807) is 11.8 Å². The highest BCUT2D eigenvalue weighted by molar-refractivity contribution is 5.85. The summed E-state index contributed by atoms with van der Waals surface area (Å²) in [5.74, 6) is -0.0732. The Morgan fingerprint density at radius 1 is 1.43 bits per heavy atom. The molecule has 0 bridgehead atoms. The van der Waals surface area contributed by atoms with Gasteiger partial charge in [0, 0.05) is 13.1 Å². The number of aliphatic hydroxyl groups is 1. The lowest BCUT2D eigenvalue weighted by atomic mass is 9.98. The van der Waals surface area contributed by atoms with Crippen LogP contribution in [-0.2, 0) is 4.79 Å². The van der Waals surface area contributed by atoms with Crippen LogP contribution in [0.5, 0.6) is 0 Å². The van der Waals surface area contributed by atoms with E-state index in [4.69, 9.17) is 10.8 Å². The summed E-state index contributed by atoms with van der Waals surface area (Å²) < 4.78 is 0. The number of amides is 1. The maximum absolute atomic E-state index is 11.9. The molecule has 0 aliphatic heterocycles. The fourth-order valence-electron chi connectivity index (χ4n) is 1.22. The molecule has 0 aromatic rings. The van der Waals surface area contributed by atoms with E-state index in [1.807, 2.05) is 13.8 Å². The van der Waals surface area contributed by atoms with E-state index >= 15 is 0 Å². The standard InChI is InChI=1S/C10H22N2O2/c1-4-6-12(7-8-13)9(14)10(3,11)5-2/h13H,4-8,11H2,1-3H3. The zero-order valence-electron chi connectivity index (χ0n) is 9.42. The molecule has 0 spiro atoms. The minimum atomic E-state index is -0.801. The molecule has 0 saturated carbocycles. The van der Waals surface area contributed by atoms with Crippen molar-refractivity contribution in [3.63, 3.8) is 0 Å². The molecule has 0 radical (unpaired) electrons. The topological polar surface area (TPSA) is 66.6 Å². The normalized spacial score (nSPS) is 14.9. The second-order valence-electron chi connectivity index (χ2n) is 3.79. The molecule has 0 fully saturated rings. The molecule has 1 unspecified atom stereocenters. The number of hydrogen-bond donors (Lipinski definition) is 2. The first-order valence-corrected chi connectivity index (χ1v) is 5.18. The molecule has 1 atom stereocenters. The molecule has 0 aliphatic carbocycles. The van der Waals surface area contributed by atoms with Crippen molar-refractivity contribution in [1.82, 2.24) is 4.90 Å². The minimum Gasteiger partial charge on any atom is -0.395 e. The highest BCUT2D eigenvalue weighted by atomic mass is 16.3. The van der Waals surface area contributed by atoms with Gasteiger partial charge in [0.25, 0.3) is 0 Å². The second kappa shape index (κ2) is 5.98. The van der Waals surface area contributed by atoms with E-state index < -0.39 is 5.54 Å². The maximum Gasteiger partial charge on any atom is 0.242 e. The van der Waals surface area contributed by atoms with Gasteiger partial charge in [-0.25, -0.2) is 0 Å². The quantitative estimate of drug-likeness (QED) is 0.653. The minimum absolute atomic E-state index is 0.00840. The number of carbonyl (C=O) groups excluding carboxylic acids is 1. The number of hydrogen-bond acceptors (Lipinski definition) is 3. The Morgan fingerprint density at radius 3 is 2.36 bits per heavy atom. The van der Waals surface area contributed by atoms with E-state index in [0.717, 1.165) is 6.42 Å². The molecule has 0 rings (SSSR count). The van der Waals surface area contributed by atoms with Crippen LogP contribution < -0.4 is 5.73 Å². The zero-order valence-corrected chi connectivity index (χ0v) is 9.42. The third kappa shape index (κ3) is 3.64. The van der Waals surface area contributed by atoms with Crippen molar-refractivity contribution >= 4 is 5.91 Å². The smallest absolute Gasteiger partial charge is 0.242 e. The molecule has 1 amide bonds. The predicted molar refractivity (Wildman–Crippen MR) is 56.8 cm³/mol. The molecule has 0 aliphatic rings. The van der Waals surface area contributed by atoms with Gasteiger partial charge in [0.1, 0.15) is 0 Å². The Morgan fingerprint density at radius 2 is 2.00 bits per heavy atom. The van der Waals surface area contributed by atoms with Gasteiger partial charge in [0.15, 0.2) is 0 Å². The van der Waals surface area contributed by atoms with Crippen LogP contribution in [0, 0.1) is 0 Å². The van der Waals surface area contributed by atoms with E-state index in [2.05, 4.69) is 0 Å². The van der Waals surface area contributed by atoms with E-state index in [0.29, 0.717) is 19.5 Å². The van der Waals surface area contributed by atoms with Crippen LogP contribution in [-0.4, -0.2) is 41.1 Å². The Balaban J connectivity index is 4.41. The van der Waals surface area contributed by atoms with Gasteiger partial charge in [-0.3, -0.25) is 4.79 Å². The zero-order chi connectivity index (χ0) is 11.2. The average molecular weight is 202 g/mol. The second-order valence-corrected chi connectivity index (χ2v) is 3.79. The van der Waals surface area contributed by atoms with Crippen LogP contribution in [0.3, 0.4) is 0 Å². The van der Waals surface area contributed by atoms with Crippen molar-refractivity contribution in [3.05, 3.63) is 0 Å². The lowest BCUT2D eigenvalue weighted by Gasteiger charge is -2.30. The highest BCUT2D eigenvalue weighted by Gasteiger charge is 2.30.